The van der Waals surface area contributed by atoms with E-state index in [1.165, 1.54) is 19.8 Å². The summed E-state index contributed by atoms with van der Waals surface area (Å²) in [6, 6.07) is -0.0594. The van der Waals surface area contributed by atoms with Crippen LogP contribution in [0.25, 0.3) is 0 Å². The van der Waals surface area contributed by atoms with Crippen LogP contribution >= 0.6 is 0 Å². The standard InChI is InChI=1S/C8H15N3O2/c1-6(12)10-11-8(13)9-7-4-2-3-5-7/h7H,2-5H2,1H3,(H,10,12)(H2,9,11,13). The first-order chi connectivity index (χ1) is 6.18. The third-order valence-electron chi connectivity index (χ3n) is 2.04. The van der Waals surface area contributed by atoms with E-state index in [1.54, 1.807) is 0 Å². The lowest BCUT2D eigenvalue weighted by molar-refractivity contribution is -0.119. The van der Waals surface area contributed by atoms with E-state index >= 15 is 0 Å². The Balaban J connectivity index is 2.13. The van der Waals surface area contributed by atoms with Crippen LogP contribution in [0.15, 0.2) is 0 Å². The molecule has 0 atom stereocenters. The summed E-state index contributed by atoms with van der Waals surface area (Å²) in [4.78, 5) is 21.5. The van der Waals surface area contributed by atoms with Gasteiger partial charge in [0.2, 0.25) is 5.91 Å². The number of rotatable bonds is 1. The number of hydrogen-bond acceptors (Lipinski definition) is 2. The topological polar surface area (TPSA) is 70.2 Å². The summed E-state index contributed by atoms with van der Waals surface area (Å²) < 4.78 is 0. The highest BCUT2D eigenvalue weighted by atomic mass is 16.2. The van der Waals surface area contributed by atoms with Crippen molar-refractivity contribution in [1.29, 1.82) is 0 Å². The van der Waals surface area contributed by atoms with Crippen molar-refractivity contribution >= 4 is 11.9 Å². The highest BCUT2D eigenvalue weighted by molar-refractivity contribution is 5.79. The van der Waals surface area contributed by atoms with Gasteiger partial charge in [0.1, 0.15) is 0 Å². The molecule has 1 fully saturated rings. The molecule has 1 aliphatic rings. The minimum absolute atomic E-state index is 0.272. The van der Waals surface area contributed by atoms with Gasteiger partial charge in [-0.2, -0.15) is 0 Å². The summed E-state index contributed by atoms with van der Waals surface area (Å²) >= 11 is 0. The van der Waals surface area contributed by atoms with E-state index in [2.05, 4.69) is 16.2 Å². The smallest absolute Gasteiger partial charge is 0.333 e. The largest absolute Gasteiger partial charge is 0.334 e. The quantitative estimate of drug-likeness (QED) is 0.513. The molecule has 0 aromatic heterocycles. The molecule has 0 heterocycles. The SMILES string of the molecule is CC(=O)NNC(=O)NC1CCCC1. The van der Waals surface area contributed by atoms with Crippen molar-refractivity contribution in [1.82, 2.24) is 16.2 Å². The normalized spacial score (nSPS) is 16.7. The van der Waals surface area contributed by atoms with Crippen LogP contribution in [0.3, 0.4) is 0 Å². The van der Waals surface area contributed by atoms with Crippen molar-refractivity contribution < 1.29 is 9.59 Å². The monoisotopic (exact) mass is 185 g/mol. The number of carbonyl (C=O) groups is 2. The summed E-state index contributed by atoms with van der Waals surface area (Å²) in [5.41, 5.74) is 4.48. The fourth-order valence-corrected chi connectivity index (χ4v) is 1.44. The van der Waals surface area contributed by atoms with Gasteiger partial charge in [0.25, 0.3) is 0 Å². The van der Waals surface area contributed by atoms with E-state index in [1.807, 2.05) is 0 Å². The average Bonchev–Trinajstić information content (AvgIpc) is 2.53. The molecule has 1 rings (SSSR count). The Bertz CT molecular complexity index is 200. The van der Waals surface area contributed by atoms with Gasteiger partial charge in [0.15, 0.2) is 0 Å². The Labute approximate surface area is 77.2 Å². The minimum Gasteiger partial charge on any atom is -0.334 e. The first kappa shape index (κ1) is 9.83. The number of carbonyl (C=O) groups excluding carboxylic acids is 2. The van der Waals surface area contributed by atoms with Crippen molar-refractivity contribution in [2.75, 3.05) is 0 Å². The Hall–Kier alpha value is -1.26. The number of amides is 3. The molecular weight excluding hydrogens is 170 g/mol. The van der Waals surface area contributed by atoms with E-state index in [-0.39, 0.29) is 18.0 Å². The predicted octanol–water partition coefficient (Wildman–Crippen LogP) is 0.279. The van der Waals surface area contributed by atoms with Gasteiger partial charge in [-0.3, -0.25) is 10.2 Å². The highest BCUT2D eigenvalue weighted by Crippen LogP contribution is 2.17. The molecule has 74 valence electrons. The minimum atomic E-state index is -0.331. The predicted molar refractivity (Wildman–Crippen MR) is 47.7 cm³/mol. The van der Waals surface area contributed by atoms with Crippen LogP contribution in [-0.4, -0.2) is 18.0 Å². The Morgan fingerprint density at radius 3 is 2.31 bits per heavy atom. The zero-order valence-corrected chi connectivity index (χ0v) is 7.72. The van der Waals surface area contributed by atoms with Gasteiger partial charge in [-0.05, 0) is 12.8 Å². The molecule has 0 saturated heterocycles. The number of hydrogen-bond donors (Lipinski definition) is 3. The summed E-state index contributed by atoms with van der Waals surface area (Å²) in [7, 11) is 0. The molecule has 0 bridgehead atoms. The molecule has 0 aliphatic heterocycles. The molecule has 1 saturated carbocycles. The second kappa shape index (κ2) is 4.69. The number of nitrogens with one attached hydrogen (secondary N) is 3. The first-order valence-electron chi connectivity index (χ1n) is 4.51. The van der Waals surface area contributed by atoms with Crippen LogP contribution in [0.1, 0.15) is 32.6 Å². The van der Waals surface area contributed by atoms with Crippen LogP contribution in [0.2, 0.25) is 0 Å². The third kappa shape index (κ3) is 3.78. The lowest BCUT2D eigenvalue weighted by Gasteiger charge is -2.12. The maximum Gasteiger partial charge on any atom is 0.333 e. The summed E-state index contributed by atoms with van der Waals surface area (Å²) in [6.45, 7) is 1.34. The van der Waals surface area contributed by atoms with Gasteiger partial charge in [-0.15, -0.1) is 0 Å². The summed E-state index contributed by atoms with van der Waals surface area (Å²) in [6.07, 6.45) is 4.41. The van der Waals surface area contributed by atoms with Gasteiger partial charge < -0.3 is 5.32 Å². The van der Waals surface area contributed by atoms with Crippen molar-refractivity contribution in [2.45, 2.75) is 38.6 Å². The fourth-order valence-electron chi connectivity index (χ4n) is 1.44. The average molecular weight is 185 g/mol. The van der Waals surface area contributed by atoms with Crippen LogP contribution in [0.4, 0.5) is 4.79 Å². The Morgan fingerprint density at radius 1 is 1.15 bits per heavy atom. The van der Waals surface area contributed by atoms with Gasteiger partial charge in [0, 0.05) is 13.0 Å². The van der Waals surface area contributed by atoms with Crippen molar-refractivity contribution in [3.05, 3.63) is 0 Å². The molecule has 0 aromatic rings. The fraction of sp³-hybridized carbons (Fsp3) is 0.750. The third-order valence-corrected chi connectivity index (χ3v) is 2.04. The number of hydrazine groups is 1. The molecule has 13 heavy (non-hydrogen) atoms. The van der Waals surface area contributed by atoms with Gasteiger partial charge in [-0.25, -0.2) is 10.2 Å². The first-order valence-corrected chi connectivity index (χ1v) is 4.51. The molecule has 3 amide bonds. The van der Waals surface area contributed by atoms with Crippen molar-refractivity contribution in [3.8, 4) is 0 Å². The van der Waals surface area contributed by atoms with Crippen LogP contribution in [0.5, 0.6) is 0 Å². The lowest BCUT2D eigenvalue weighted by atomic mass is 10.3. The van der Waals surface area contributed by atoms with Gasteiger partial charge in [0.05, 0.1) is 0 Å². The molecule has 1 aliphatic carbocycles. The molecule has 3 N–H and O–H groups in total. The Kier molecular flexibility index (Phi) is 3.54. The van der Waals surface area contributed by atoms with Gasteiger partial charge >= 0.3 is 6.03 Å². The molecule has 5 heteroatoms. The molecule has 0 unspecified atom stereocenters. The molecule has 5 nitrogen and oxygen atoms in total. The molecule has 0 aromatic carbocycles. The number of urea groups is 1. The van der Waals surface area contributed by atoms with E-state index in [4.69, 9.17) is 0 Å². The van der Waals surface area contributed by atoms with Crippen LogP contribution in [-0.2, 0) is 4.79 Å². The van der Waals surface area contributed by atoms with Gasteiger partial charge in [-0.1, -0.05) is 12.8 Å². The maximum absolute atomic E-state index is 11.1. The second-order valence-electron chi connectivity index (χ2n) is 3.26. The zero-order valence-electron chi connectivity index (χ0n) is 7.72. The van der Waals surface area contributed by atoms with E-state index < -0.39 is 0 Å². The molecule has 0 spiro atoms. The lowest BCUT2D eigenvalue weighted by Crippen LogP contribution is -2.48. The van der Waals surface area contributed by atoms with E-state index in [0.29, 0.717) is 0 Å². The van der Waals surface area contributed by atoms with Crippen LogP contribution < -0.4 is 16.2 Å². The Morgan fingerprint density at radius 2 is 1.77 bits per heavy atom. The van der Waals surface area contributed by atoms with Crippen molar-refractivity contribution in [3.63, 3.8) is 0 Å². The van der Waals surface area contributed by atoms with Crippen LogP contribution in [0, 0.1) is 0 Å². The van der Waals surface area contributed by atoms with E-state index in [0.717, 1.165) is 12.8 Å². The van der Waals surface area contributed by atoms with Crippen molar-refractivity contribution in [2.24, 2.45) is 0 Å². The maximum atomic E-state index is 11.1. The highest BCUT2D eigenvalue weighted by Gasteiger charge is 2.16. The molecular formula is C8H15N3O2. The zero-order chi connectivity index (χ0) is 9.68. The van der Waals surface area contributed by atoms with E-state index in [9.17, 15) is 9.59 Å². The summed E-state index contributed by atoms with van der Waals surface area (Å²) in [5.74, 6) is -0.276. The second-order valence-corrected chi connectivity index (χ2v) is 3.26. The summed E-state index contributed by atoms with van der Waals surface area (Å²) in [5, 5.41) is 2.77. The molecule has 0 radical (unpaired) electrons.